The van der Waals surface area contributed by atoms with Gasteiger partial charge in [-0.15, -0.1) is 11.3 Å². The fourth-order valence-electron chi connectivity index (χ4n) is 2.62. The van der Waals surface area contributed by atoms with Crippen LogP contribution in [0.4, 0.5) is 4.79 Å². The predicted molar refractivity (Wildman–Crippen MR) is 82.5 cm³/mol. The Labute approximate surface area is 128 Å². The van der Waals surface area contributed by atoms with Crippen LogP contribution in [0.3, 0.4) is 0 Å². The van der Waals surface area contributed by atoms with Gasteiger partial charge in [-0.1, -0.05) is 13.3 Å². The zero-order chi connectivity index (χ0) is 15.3. The van der Waals surface area contributed by atoms with Crippen LogP contribution >= 0.6 is 11.3 Å². The summed E-state index contributed by atoms with van der Waals surface area (Å²) < 4.78 is 0. The number of carboxylic acid groups (broad SMARTS) is 1. The zero-order valence-electron chi connectivity index (χ0n) is 12.3. The highest BCUT2D eigenvalue weighted by Crippen LogP contribution is 2.43. The molecule has 21 heavy (non-hydrogen) atoms. The van der Waals surface area contributed by atoms with Crippen LogP contribution in [0.25, 0.3) is 0 Å². The lowest BCUT2D eigenvalue weighted by atomic mass is 9.66. The Morgan fingerprint density at radius 2 is 2.00 bits per heavy atom. The van der Waals surface area contributed by atoms with Gasteiger partial charge in [-0.2, -0.15) is 0 Å². The Hall–Kier alpha value is -1.56. The number of aryl methyl sites for hydroxylation is 1. The van der Waals surface area contributed by atoms with E-state index in [0.717, 1.165) is 30.6 Å². The molecule has 1 aromatic heterocycles. The van der Waals surface area contributed by atoms with Crippen LogP contribution in [0.5, 0.6) is 0 Å². The molecule has 1 aliphatic rings. The van der Waals surface area contributed by atoms with Crippen molar-refractivity contribution in [3.8, 4) is 0 Å². The lowest BCUT2D eigenvalue weighted by molar-refractivity contribution is -0.141. The van der Waals surface area contributed by atoms with Crippen LogP contribution in [-0.2, 0) is 17.8 Å². The Bertz CT molecular complexity index is 509. The summed E-state index contributed by atoms with van der Waals surface area (Å²) in [4.78, 5) is 25.1. The molecule has 1 fully saturated rings. The van der Waals surface area contributed by atoms with Crippen LogP contribution in [0.1, 0.15) is 42.4 Å². The first kappa shape index (κ1) is 15.8. The number of urea groups is 1. The number of hydrogen-bond acceptors (Lipinski definition) is 3. The molecular formula is C15H22N2O3S. The summed E-state index contributed by atoms with van der Waals surface area (Å²) in [6.45, 7) is 3.06. The third-order valence-electron chi connectivity index (χ3n) is 4.05. The first-order valence-corrected chi connectivity index (χ1v) is 8.16. The maximum atomic E-state index is 11.8. The van der Waals surface area contributed by atoms with E-state index in [2.05, 4.69) is 23.6 Å². The minimum Gasteiger partial charge on any atom is -0.481 e. The van der Waals surface area contributed by atoms with E-state index >= 15 is 0 Å². The Balaban J connectivity index is 1.73. The van der Waals surface area contributed by atoms with Crippen molar-refractivity contribution in [3.05, 3.63) is 21.9 Å². The lowest BCUT2D eigenvalue weighted by Gasteiger charge is -2.40. The van der Waals surface area contributed by atoms with Crippen LogP contribution in [0, 0.1) is 5.41 Å². The fraction of sp³-hybridized carbons (Fsp3) is 0.600. The summed E-state index contributed by atoms with van der Waals surface area (Å²) in [6, 6.07) is 3.88. The molecule has 0 bridgehead atoms. The molecule has 1 heterocycles. The number of amides is 2. The van der Waals surface area contributed by atoms with Gasteiger partial charge in [0.1, 0.15) is 0 Å². The highest BCUT2D eigenvalue weighted by molar-refractivity contribution is 7.11. The predicted octanol–water partition coefficient (Wildman–Crippen LogP) is 2.75. The van der Waals surface area contributed by atoms with Gasteiger partial charge in [0, 0.05) is 16.3 Å². The molecule has 0 spiro atoms. The number of thiophene rings is 1. The SMILES string of the molecule is CCc1ccc(CNC(=O)NCC2(CC(=O)O)CCC2)s1. The minimum absolute atomic E-state index is 0.137. The fourth-order valence-corrected chi connectivity index (χ4v) is 3.52. The van der Waals surface area contributed by atoms with Crippen molar-refractivity contribution < 1.29 is 14.7 Å². The van der Waals surface area contributed by atoms with E-state index < -0.39 is 5.97 Å². The van der Waals surface area contributed by atoms with Gasteiger partial charge in [-0.25, -0.2) is 4.79 Å². The number of rotatable bonds is 7. The van der Waals surface area contributed by atoms with Crippen LogP contribution < -0.4 is 10.6 Å². The molecule has 0 aliphatic heterocycles. The van der Waals surface area contributed by atoms with Gasteiger partial charge in [0.05, 0.1) is 13.0 Å². The molecular weight excluding hydrogens is 288 g/mol. The summed E-state index contributed by atoms with van der Waals surface area (Å²) in [5.41, 5.74) is -0.235. The lowest BCUT2D eigenvalue weighted by Crippen LogP contribution is -2.46. The number of carbonyl (C=O) groups excluding carboxylic acids is 1. The van der Waals surface area contributed by atoms with Crippen molar-refractivity contribution in [2.24, 2.45) is 5.41 Å². The second-order valence-corrected chi connectivity index (χ2v) is 6.93. The van der Waals surface area contributed by atoms with Crippen LogP contribution in [-0.4, -0.2) is 23.7 Å². The van der Waals surface area contributed by atoms with Crippen molar-refractivity contribution in [3.63, 3.8) is 0 Å². The Morgan fingerprint density at radius 3 is 2.52 bits per heavy atom. The third kappa shape index (κ3) is 4.46. The second-order valence-electron chi connectivity index (χ2n) is 5.68. The van der Waals surface area contributed by atoms with E-state index in [4.69, 9.17) is 5.11 Å². The smallest absolute Gasteiger partial charge is 0.315 e. The highest BCUT2D eigenvalue weighted by Gasteiger charge is 2.39. The van der Waals surface area contributed by atoms with Gasteiger partial charge >= 0.3 is 12.0 Å². The van der Waals surface area contributed by atoms with Gasteiger partial charge in [0.25, 0.3) is 0 Å². The Kier molecular flexibility index (Phi) is 5.22. The van der Waals surface area contributed by atoms with Gasteiger partial charge in [0.15, 0.2) is 0 Å². The summed E-state index contributed by atoms with van der Waals surface area (Å²) in [7, 11) is 0. The second kappa shape index (κ2) is 6.93. The van der Waals surface area contributed by atoms with Crippen molar-refractivity contribution in [1.29, 1.82) is 0 Å². The normalized spacial score (nSPS) is 16.0. The van der Waals surface area contributed by atoms with Gasteiger partial charge in [-0.3, -0.25) is 4.79 Å². The van der Waals surface area contributed by atoms with Crippen LogP contribution in [0.2, 0.25) is 0 Å². The highest BCUT2D eigenvalue weighted by atomic mass is 32.1. The van der Waals surface area contributed by atoms with E-state index in [-0.39, 0.29) is 17.9 Å². The molecule has 2 rings (SSSR count). The van der Waals surface area contributed by atoms with E-state index in [0.29, 0.717) is 13.1 Å². The molecule has 0 radical (unpaired) electrons. The first-order valence-electron chi connectivity index (χ1n) is 7.34. The summed E-state index contributed by atoms with van der Waals surface area (Å²) in [5.74, 6) is -0.789. The topological polar surface area (TPSA) is 78.4 Å². The average molecular weight is 310 g/mol. The van der Waals surface area contributed by atoms with Gasteiger partial charge in [-0.05, 0) is 36.8 Å². The van der Waals surface area contributed by atoms with Crippen molar-refractivity contribution in [2.45, 2.75) is 45.6 Å². The number of carbonyl (C=O) groups is 2. The zero-order valence-corrected chi connectivity index (χ0v) is 13.1. The maximum absolute atomic E-state index is 11.8. The minimum atomic E-state index is -0.789. The molecule has 116 valence electrons. The number of aliphatic carboxylic acids is 1. The molecule has 6 heteroatoms. The van der Waals surface area contributed by atoms with E-state index in [1.807, 2.05) is 6.07 Å². The molecule has 2 amide bonds. The molecule has 5 nitrogen and oxygen atoms in total. The Morgan fingerprint density at radius 1 is 1.29 bits per heavy atom. The van der Waals surface area contributed by atoms with Crippen molar-refractivity contribution >= 4 is 23.3 Å². The van der Waals surface area contributed by atoms with Gasteiger partial charge < -0.3 is 15.7 Å². The molecule has 1 saturated carbocycles. The van der Waals surface area contributed by atoms with E-state index in [9.17, 15) is 9.59 Å². The van der Waals surface area contributed by atoms with E-state index in [1.165, 1.54) is 4.88 Å². The van der Waals surface area contributed by atoms with Crippen molar-refractivity contribution in [2.75, 3.05) is 6.54 Å². The molecule has 1 aromatic rings. The quantitative estimate of drug-likeness (QED) is 0.724. The molecule has 0 aromatic carbocycles. The number of hydrogen-bond donors (Lipinski definition) is 3. The molecule has 0 unspecified atom stereocenters. The third-order valence-corrected chi connectivity index (χ3v) is 5.28. The summed E-state index contributed by atoms with van der Waals surface area (Å²) in [5, 5.41) is 14.6. The molecule has 1 aliphatic carbocycles. The molecule has 0 saturated heterocycles. The maximum Gasteiger partial charge on any atom is 0.315 e. The van der Waals surface area contributed by atoms with E-state index in [1.54, 1.807) is 11.3 Å². The summed E-state index contributed by atoms with van der Waals surface area (Å²) >= 11 is 1.70. The largest absolute Gasteiger partial charge is 0.481 e. The van der Waals surface area contributed by atoms with Crippen molar-refractivity contribution in [1.82, 2.24) is 10.6 Å². The number of nitrogens with one attached hydrogen (secondary N) is 2. The molecule has 3 N–H and O–H groups in total. The number of carboxylic acids is 1. The standard InChI is InChI=1S/C15H22N2O3S/c1-2-11-4-5-12(21-11)9-16-14(20)17-10-15(6-3-7-15)8-13(18)19/h4-5H,2-3,6-10H2,1H3,(H,18,19)(H2,16,17,20). The molecule has 0 atom stereocenters. The first-order chi connectivity index (χ1) is 10.0. The summed E-state index contributed by atoms with van der Waals surface area (Å²) in [6.07, 6.45) is 3.95. The van der Waals surface area contributed by atoms with Gasteiger partial charge in [0.2, 0.25) is 0 Å². The average Bonchev–Trinajstić information content (AvgIpc) is 2.87. The van der Waals surface area contributed by atoms with Crippen LogP contribution in [0.15, 0.2) is 12.1 Å². The monoisotopic (exact) mass is 310 g/mol.